The highest BCUT2D eigenvalue weighted by Gasteiger charge is 2.22. The Morgan fingerprint density at radius 3 is 1.91 bits per heavy atom. The molecule has 0 aromatic heterocycles. The number of amides is 1. The highest BCUT2D eigenvalue weighted by molar-refractivity contribution is 5.97. The molecular formula is C48H70FNO3. The first-order valence-corrected chi connectivity index (χ1v) is 20.4. The van der Waals surface area contributed by atoms with Gasteiger partial charge in [-0.05, 0) is 103 Å². The van der Waals surface area contributed by atoms with Crippen molar-refractivity contribution in [1.29, 1.82) is 0 Å². The van der Waals surface area contributed by atoms with E-state index in [4.69, 9.17) is 4.74 Å². The lowest BCUT2D eigenvalue weighted by atomic mass is 9.96. The molecule has 0 heterocycles. The Hall–Kier alpha value is -3.57. The zero-order valence-corrected chi connectivity index (χ0v) is 34.7. The third kappa shape index (κ3) is 17.0. The van der Waals surface area contributed by atoms with Crippen LogP contribution in [-0.4, -0.2) is 30.9 Å². The van der Waals surface area contributed by atoms with Crippen molar-refractivity contribution >= 4 is 23.8 Å². The minimum absolute atomic E-state index is 0.00155. The minimum atomic E-state index is -0.245. The third-order valence-corrected chi connectivity index (χ3v) is 9.72. The number of benzene rings is 3. The molecule has 0 radical (unpaired) electrons. The molecule has 1 aliphatic carbocycles. The van der Waals surface area contributed by atoms with Gasteiger partial charge in [0.25, 0.3) is 5.91 Å². The molecule has 5 heteroatoms. The number of hydrogen-bond acceptors (Lipinski definition) is 3. The minimum Gasteiger partial charge on any atom is -0.376 e. The number of ether oxygens (including phenoxy) is 1. The van der Waals surface area contributed by atoms with Crippen LogP contribution in [0, 0.1) is 36.4 Å². The summed E-state index contributed by atoms with van der Waals surface area (Å²) in [7, 11) is 0. The monoisotopic (exact) mass is 728 g/mol. The molecule has 1 N–H and O–H groups in total. The number of nitrogens with one attached hydrogen (secondary N) is 1. The maximum atomic E-state index is 12.8. The van der Waals surface area contributed by atoms with Crippen molar-refractivity contribution in [2.24, 2.45) is 23.7 Å². The van der Waals surface area contributed by atoms with Gasteiger partial charge in [0.15, 0.2) is 5.78 Å². The SMILES string of the molecule is CC(C)C(=O)c1ccc(-c2ccc(F)cc2)cc1.CC/C=c1/c(C)c(C(=O)NCC(C)OCC2CC2)cc/c1=C\CC(C)C.CCCC(CC)CCC. The largest absolute Gasteiger partial charge is 0.376 e. The molecule has 1 aliphatic rings. The quantitative estimate of drug-likeness (QED) is 0.141. The first kappa shape index (κ1) is 45.6. The molecule has 4 nitrogen and oxygen atoms in total. The van der Waals surface area contributed by atoms with Gasteiger partial charge >= 0.3 is 0 Å². The summed E-state index contributed by atoms with van der Waals surface area (Å²) < 4.78 is 18.6. The smallest absolute Gasteiger partial charge is 0.251 e. The second-order valence-corrected chi connectivity index (χ2v) is 15.4. The van der Waals surface area contributed by atoms with E-state index in [0.29, 0.717) is 12.5 Å². The van der Waals surface area contributed by atoms with Gasteiger partial charge in [-0.25, -0.2) is 4.39 Å². The van der Waals surface area contributed by atoms with Gasteiger partial charge in [-0.1, -0.05) is 142 Å². The van der Waals surface area contributed by atoms with Crippen LogP contribution in [0.5, 0.6) is 0 Å². The summed E-state index contributed by atoms with van der Waals surface area (Å²) in [4.78, 5) is 24.5. The average Bonchev–Trinajstić information content (AvgIpc) is 3.98. The zero-order valence-electron chi connectivity index (χ0n) is 34.7. The number of Topliss-reactive ketones (excluding diaryl/α,β-unsaturated/α-hetero) is 1. The van der Waals surface area contributed by atoms with E-state index in [0.717, 1.165) is 59.1 Å². The zero-order chi connectivity index (χ0) is 39.3. The number of carbonyl (C=O) groups is 2. The topological polar surface area (TPSA) is 55.4 Å². The van der Waals surface area contributed by atoms with Crippen molar-refractivity contribution in [3.63, 3.8) is 0 Å². The van der Waals surface area contributed by atoms with Gasteiger partial charge in [-0.15, -0.1) is 0 Å². The van der Waals surface area contributed by atoms with E-state index in [1.165, 1.54) is 67.5 Å². The first-order chi connectivity index (χ1) is 25.3. The summed E-state index contributed by atoms with van der Waals surface area (Å²) in [5, 5.41) is 5.46. The van der Waals surface area contributed by atoms with Crippen molar-refractivity contribution in [2.45, 2.75) is 133 Å². The molecule has 292 valence electrons. The lowest BCUT2D eigenvalue weighted by molar-refractivity contribution is 0.0555. The maximum absolute atomic E-state index is 12.8. The molecule has 4 rings (SSSR count). The highest BCUT2D eigenvalue weighted by Crippen LogP contribution is 2.29. The molecule has 1 atom stereocenters. The second kappa shape index (κ2) is 24.7. The molecular weight excluding hydrogens is 658 g/mol. The van der Waals surface area contributed by atoms with E-state index in [1.54, 1.807) is 12.1 Å². The van der Waals surface area contributed by atoms with Gasteiger partial charge in [-0.3, -0.25) is 9.59 Å². The summed E-state index contributed by atoms with van der Waals surface area (Å²) in [5.41, 5.74) is 4.47. The lowest BCUT2D eigenvalue weighted by Gasteiger charge is -2.15. The predicted octanol–water partition coefficient (Wildman–Crippen LogP) is 11.5. The summed E-state index contributed by atoms with van der Waals surface area (Å²) in [6.45, 7) is 22.7. The van der Waals surface area contributed by atoms with E-state index in [1.807, 2.05) is 51.1 Å². The average molecular weight is 728 g/mol. The fourth-order valence-corrected chi connectivity index (χ4v) is 6.16. The number of rotatable bonds is 17. The molecule has 1 fully saturated rings. The van der Waals surface area contributed by atoms with Gasteiger partial charge in [0.2, 0.25) is 0 Å². The van der Waals surface area contributed by atoms with E-state index in [9.17, 15) is 14.0 Å². The molecule has 0 spiro atoms. The fraction of sp³-hybridized carbons (Fsp3) is 0.542. The van der Waals surface area contributed by atoms with Crippen LogP contribution in [-0.2, 0) is 4.74 Å². The van der Waals surface area contributed by atoms with Crippen LogP contribution in [0.1, 0.15) is 146 Å². The van der Waals surface area contributed by atoms with E-state index < -0.39 is 0 Å². The number of carbonyl (C=O) groups excluding carboxylic acids is 2. The summed E-state index contributed by atoms with van der Waals surface area (Å²) in [6.07, 6.45) is 16.1. The molecule has 0 bridgehead atoms. The molecule has 1 saturated carbocycles. The Balaban J connectivity index is 0.000000310. The van der Waals surface area contributed by atoms with Crippen molar-refractivity contribution < 1.29 is 18.7 Å². The fourth-order valence-electron chi connectivity index (χ4n) is 6.16. The highest BCUT2D eigenvalue weighted by atomic mass is 19.1. The standard InChI is InChI=1S/C23H35NO2.C16H15FO.C9H20/c1-6-7-21-18(5)22(13-12-20(21)11-8-16(2)3)23(25)24-14-17(4)26-15-19-9-10-19;1-11(2)16(18)14-5-3-12(4-6-14)13-7-9-15(17)10-8-13;1-4-7-9(6-3)8-5-2/h7,11-13,16-17,19H,6,8-10,14-15H2,1-5H3,(H,24,25);3-11H,1-2H3;9H,4-8H2,1-3H3/b20-11+,21-7-;;. The van der Waals surface area contributed by atoms with Gasteiger partial charge < -0.3 is 10.1 Å². The number of ketones is 1. The molecule has 3 aromatic rings. The molecule has 53 heavy (non-hydrogen) atoms. The second-order valence-electron chi connectivity index (χ2n) is 15.4. The van der Waals surface area contributed by atoms with E-state index >= 15 is 0 Å². The molecule has 0 aliphatic heterocycles. The van der Waals surface area contributed by atoms with Crippen LogP contribution in [0.4, 0.5) is 4.39 Å². The van der Waals surface area contributed by atoms with Crippen LogP contribution in [0.2, 0.25) is 0 Å². The maximum Gasteiger partial charge on any atom is 0.251 e. The normalized spacial score (nSPS) is 13.8. The van der Waals surface area contributed by atoms with E-state index in [-0.39, 0.29) is 29.5 Å². The Morgan fingerprint density at radius 1 is 0.830 bits per heavy atom. The summed E-state index contributed by atoms with van der Waals surface area (Å²) >= 11 is 0. The molecule has 1 amide bonds. The van der Waals surface area contributed by atoms with E-state index in [2.05, 4.69) is 72.0 Å². The van der Waals surface area contributed by atoms with Gasteiger partial charge in [0, 0.05) is 30.2 Å². The Morgan fingerprint density at radius 2 is 1.42 bits per heavy atom. The van der Waals surface area contributed by atoms with Crippen molar-refractivity contribution in [3.8, 4) is 11.1 Å². The lowest BCUT2D eigenvalue weighted by Crippen LogP contribution is -2.36. The number of hydrogen-bond donors (Lipinski definition) is 1. The van der Waals surface area contributed by atoms with Crippen molar-refractivity contribution in [2.75, 3.05) is 13.2 Å². The Bertz CT molecular complexity index is 1610. The van der Waals surface area contributed by atoms with Gasteiger partial charge in [0.05, 0.1) is 6.10 Å². The van der Waals surface area contributed by atoms with Crippen LogP contribution < -0.4 is 15.8 Å². The van der Waals surface area contributed by atoms with Crippen LogP contribution in [0.3, 0.4) is 0 Å². The number of halogens is 1. The van der Waals surface area contributed by atoms with Crippen molar-refractivity contribution in [3.05, 3.63) is 93.6 Å². The van der Waals surface area contributed by atoms with Crippen LogP contribution in [0.15, 0.2) is 60.7 Å². The first-order valence-electron chi connectivity index (χ1n) is 20.4. The van der Waals surface area contributed by atoms with Gasteiger partial charge in [0.1, 0.15) is 5.82 Å². The van der Waals surface area contributed by atoms with Crippen molar-refractivity contribution in [1.82, 2.24) is 5.32 Å². The molecule has 0 saturated heterocycles. The van der Waals surface area contributed by atoms with Gasteiger partial charge in [-0.2, -0.15) is 0 Å². The van der Waals surface area contributed by atoms with Crippen LogP contribution in [0.25, 0.3) is 23.3 Å². The molecule has 3 aromatic carbocycles. The molecule has 1 unspecified atom stereocenters. The Kier molecular flexibility index (Phi) is 21.2. The summed E-state index contributed by atoms with van der Waals surface area (Å²) in [5.74, 6) is 2.28. The van der Waals surface area contributed by atoms with Crippen LogP contribution >= 0.6 is 0 Å². The Labute approximate surface area is 321 Å². The summed E-state index contributed by atoms with van der Waals surface area (Å²) in [6, 6.07) is 17.8. The third-order valence-electron chi connectivity index (χ3n) is 9.72. The predicted molar refractivity (Wildman–Crippen MR) is 224 cm³/mol.